The number of rotatable bonds is 6. The Morgan fingerprint density at radius 3 is 2.54 bits per heavy atom. The number of Topliss-reactive ketones (excluding diaryl/α,β-unsaturated/α-hetero) is 1. The molecule has 1 aliphatic rings. The predicted molar refractivity (Wildman–Crippen MR) is 92.1 cm³/mol. The fraction of sp³-hybridized carbons (Fsp3) is 0.350. The molecule has 3 nitrogen and oxygen atoms in total. The molecule has 0 radical (unpaired) electrons. The molecule has 0 spiro atoms. The molecule has 4 heteroatoms. The highest BCUT2D eigenvalue weighted by molar-refractivity contribution is 6.01. The lowest BCUT2D eigenvalue weighted by Gasteiger charge is -2.23. The fourth-order valence-corrected chi connectivity index (χ4v) is 3.26. The molecule has 2 aromatic rings. The van der Waals surface area contributed by atoms with Crippen molar-refractivity contribution in [2.45, 2.75) is 18.8 Å². The van der Waals surface area contributed by atoms with Crippen molar-refractivity contribution in [1.82, 2.24) is 4.90 Å². The first-order valence-electron chi connectivity index (χ1n) is 8.34. The van der Waals surface area contributed by atoms with Crippen molar-refractivity contribution in [3.05, 3.63) is 65.5 Å². The minimum atomic E-state index is -0.454. The lowest BCUT2D eigenvalue weighted by atomic mass is 9.90. The van der Waals surface area contributed by atoms with E-state index in [1.54, 1.807) is 6.07 Å². The van der Waals surface area contributed by atoms with Crippen LogP contribution >= 0.6 is 0 Å². The highest BCUT2D eigenvalue weighted by Gasteiger charge is 2.26. The molecule has 3 rings (SSSR count). The SMILES string of the molecule is COc1cc(C(=O)C(CN2CCCC2)c2ccccc2)ccc1F. The number of hydrogen-bond acceptors (Lipinski definition) is 3. The second-order valence-electron chi connectivity index (χ2n) is 6.18. The predicted octanol–water partition coefficient (Wildman–Crippen LogP) is 3.90. The van der Waals surface area contributed by atoms with Gasteiger partial charge in [-0.25, -0.2) is 4.39 Å². The fourth-order valence-electron chi connectivity index (χ4n) is 3.26. The smallest absolute Gasteiger partial charge is 0.171 e. The van der Waals surface area contributed by atoms with Crippen LogP contribution in [0.2, 0.25) is 0 Å². The first-order valence-corrected chi connectivity index (χ1v) is 8.34. The lowest BCUT2D eigenvalue weighted by molar-refractivity contribution is 0.0939. The van der Waals surface area contributed by atoms with Crippen molar-refractivity contribution in [2.24, 2.45) is 0 Å². The largest absolute Gasteiger partial charge is 0.494 e. The Bertz CT molecular complexity index is 696. The van der Waals surface area contributed by atoms with E-state index >= 15 is 0 Å². The molecule has 2 aromatic carbocycles. The highest BCUT2D eigenvalue weighted by atomic mass is 19.1. The number of likely N-dealkylation sites (tertiary alicyclic amines) is 1. The molecule has 0 aliphatic carbocycles. The minimum Gasteiger partial charge on any atom is -0.494 e. The van der Waals surface area contributed by atoms with Crippen LogP contribution < -0.4 is 4.74 Å². The van der Waals surface area contributed by atoms with Crippen LogP contribution in [-0.2, 0) is 0 Å². The van der Waals surface area contributed by atoms with Gasteiger partial charge in [0.1, 0.15) is 0 Å². The summed E-state index contributed by atoms with van der Waals surface area (Å²) in [6.45, 7) is 2.76. The first kappa shape index (κ1) is 16.7. The van der Waals surface area contributed by atoms with Crippen LogP contribution in [0.1, 0.15) is 34.7 Å². The van der Waals surface area contributed by atoms with E-state index < -0.39 is 5.82 Å². The van der Waals surface area contributed by atoms with E-state index in [0.717, 1.165) is 18.7 Å². The number of carbonyl (C=O) groups is 1. The number of ether oxygens (including phenoxy) is 1. The van der Waals surface area contributed by atoms with Crippen molar-refractivity contribution in [2.75, 3.05) is 26.7 Å². The highest BCUT2D eigenvalue weighted by Crippen LogP contribution is 2.27. The van der Waals surface area contributed by atoms with Gasteiger partial charge in [0.05, 0.1) is 13.0 Å². The van der Waals surface area contributed by atoms with Crippen LogP contribution in [-0.4, -0.2) is 37.4 Å². The molecular weight excluding hydrogens is 305 g/mol. The van der Waals surface area contributed by atoms with Gasteiger partial charge in [0, 0.05) is 12.1 Å². The quantitative estimate of drug-likeness (QED) is 0.754. The van der Waals surface area contributed by atoms with Crippen molar-refractivity contribution >= 4 is 5.78 Å². The average molecular weight is 327 g/mol. The molecular formula is C20H22FNO2. The number of ketones is 1. The number of hydrogen-bond donors (Lipinski definition) is 0. The van der Waals surface area contributed by atoms with E-state index in [1.165, 1.54) is 32.1 Å². The zero-order chi connectivity index (χ0) is 16.9. The third-order valence-corrected chi connectivity index (χ3v) is 4.59. The summed E-state index contributed by atoms with van der Waals surface area (Å²) < 4.78 is 18.7. The standard InChI is InChI=1S/C20H22FNO2/c1-24-19-13-16(9-10-18(19)21)20(23)17(14-22-11-5-6-12-22)15-7-3-2-4-8-15/h2-4,7-10,13,17H,5-6,11-12,14H2,1H3. The maximum Gasteiger partial charge on any atom is 0.171 e. The number of benzene rings is 2. The molecule has 0 N–H and O–H groups in total. The molecule has 24 heavy (non-hydrogen) atoms. The third-order valence-electron chi connectivity index (χ3n) is 4.59. The Balaban J connectivity index is 1.90. The Morgan fingerprint density at radius 1 is 1.17 bits per heavy atom. The molecule has 1 unspecified atom stereocenters. The number of nitrogens with zero attached hydrogens (tertiary/aromatic N) is 1. The van der Waals surface area contributed by atoms with Gasteiger partial charge in [-0.1, -0.05) is 30.3 Å². The van der Waals surface area contributed by atoms with Gasteiger partial charge in [0.15, 0.2) is 17.3 Å². The number of halogens is 1. The number of methoxy groups -OCH3 is 1. The van der Waals surface area contributed by atoms with Gasteiger partial charge in [-0.15, -0.1) is 0 Å². The van der Waals surface area contributed by atoms with E-state index in [-0.39, 0.29) is 17.5 Å². The molecule has 0 amide bonds. The molecule has 0 bridgehead atoms. The maximum absolute atomic E-state index is 13.6. The zero-order valence-electron chi connectivity index (χ0n) is 13.9. The van der Waals surface area contributed by atoms with Crippen LogP contribution in [0.3, 0.4) is 0 Å². The molecule has 0 saturated carbocycles. The Morgan fingerprint density at radius 2 is 1.88 bits per heavy atom. The van der Waals surface area contributed by atoms with Crippen LogP contribution in [0, 0.1) is 5.82 Å². The summed E-state index contributed by atoms with van der Waals surface area (Å²) in [7, 11) is 1.41. The summed E-state index contributed by atoms with van der Waals surface area (Å²) in [5.41, 5.74) is 1.49. The summed E-state index contributed by atoms with van der Waals surface area (Å²) in [5.74, 6) is -0.593. The maximum atomic E-state index is 13.6. The summed E-state index contributed by atoms with van der Waals surface area (Å²) in [4.78, 5) is 15.4. The van der Waals surface area contributed by atoms with Gasteiger partial charge in [0.2, 0.25) is 0 Å². The van der Waals surface area contributed by atoms with E-state index in [4.69, 9.17) is 4.74 Å². The second-order valence-corrected chi connectivity index (χ2v) is 6.18. The molecule has 1 aliphatic heterocycles. The molecule has 0 aromatic heterocycles. The van der Waals surface area contributed by atoms with E-state index in [2.05, 4.69) is 4.90 Å². The van der Waals surface area contributed by atoms with Crippen LogP contribution in [0.25, 0.3) is 0 Å². The van der Waals surface area contributed by atoms with E-state index in [1.807, 2.05) is 30.3 Å². The van der Waals surface area contributed by atoms with Gasteiger partial charge in [-0.3, -0.25) is 4.79 Å². The third kappa shape index (κ3) is 3.65. The van der Waals surface area contributed by atoms with E-state index in [9.17, 15) is 9.18 Å². The van der Waals surface area contributed by atoms with Crippen molar-refractivity contribution in [3.8, 4) is 5.75 Å². The average Bonchev–Trinajstić information content (AvgIpc) is 3.13. The van der Waals surface area contributed by atoms with Gasteiger partial charge in [0.25, 0.3) is 0 Å². The number of carbonyl (C=O) groups excluding carboxylic acids is 1. The summed E-state index contributed by atoms with van der Waals surface area (Å²) in [6.07, 6.45) is 2.36. The Hall–Kier alpha value is -2.20. The molecule has 1 saturated heterocycles. The summed E-state index contributed by atoms with van der Waals surface area (Å²) in [5, 5.41) is 0. The van der Waals surface area contributed by atoms with Crippen molar-refractivity contribution in [3.63, 3.8) is 0 Å². The monoisotopic (exact) mass is 327 g/mol. The normalized spacial score (nSPS) is 16.1. The van der Waals surface area contributed by atoms with Gasteiger partial charge >= 0.3 is 0 Å². The van der Waals surface area contributed by atoms with E-state index in [0.29, 0.717) is 12.1 Å². The summed E-state index contributed by atoms with van der Waals surface area (Å²) in [6, 6.07) is 14.2. The van der Waals surface area contributed by atoms with Crippen LogP contribution in [0.15, 0.2) is 48.5 Å². The second kappa shape index (κ2) is 7.58. The first-order chi connectivity index (χ1) is 11.7. The van der Waals surface area contributed by atoms with Gasteiger partial charge in [-0.2, -0.15) is 0 Å². The molecule has 126 valence electrons. The van der Waals surface area contributed by atoms with Crippen molar-refractivity contribution in [1.29, 1.82) is 0 Å². The van der Waals surface area contributed by atoms with Crippen LogP contribution in [0.5, 0.6) is 5.75 Å². The Kier molecular flexibility index (Phi) is 5.26. The Labute approximate surface area is 142 Å². The van der Waals surface area contributed by atoms with Gasteiger partial charge in [-0.05, 0) is 49.7 Å². The molecule has 1 atom stereocenters. The minimum absolute atomic E-state index is 0.00593. The zero-order valence-corrected chi connectivity index (χ0v) is 13.9. The summed E-state index contributed by atoms with van der Waals surface area (Å²) >= 11 is 0. The lowest BCUT2D eigenvalue weighted by Crippen LogP contribution is -2.30. The topological polar surface area (TPSA) is 29.5 Å². The molecule has 1 fully saturated rings. The van der Waals surface area contributed by atoms with Crippen LogP contribution in [0.4, 0.5) is 4.39 Å². The van der Waals surface area contributed by atoms with Crippen molar-refractivity contribution < 1.29 is 13.9 Å². The van der Waals surface area contributed by atoms with Gasteiger partial charge < -0.3 is 9.64 Å². The molecule has 1 heterocycles.